The Balaban J connectivity index is 3.25. The molecule has 0 spiro atoms. The quantitative estimate of drug-likeness (QED) is 0.567. The SMILES string of the molecule is C=Nc1cc(CBr)ccc1/C(Cl)=C\C. The zero-order valence-corrected chi connectivity index (χ0v) is 10.3. The van der Waals surface area contributed by atoms with Gasteiger partial charge in [0.1, 0.15) is 0 Å². The first-order chi connectivity index (χ1) is 6.72. The Morgan fingerprint density at radius 1 is 1.64 bits per heavy atom. The van der Waals surface area contributed by atoms with Gasteiger partial charge in [0.25, 0.3) is 0 Å². The van der Waals surface area contributed by atoms with Gasteiger partial charge in [-0.25, -0.2) is 0 Å². The van der Waals surface area contributed by atoms with E-state index in [0.29, 0.717) is 5.03 Å². The number of benzene rings is 1. The second kappa shape index (κ2) is 5.32. The van der Waals surface area contributed by atoms with Gasteiger partial charge in [-0.15, -0.1) is 0 Å². The second-order valence-corrected chi connectivity index (χ2v) is 3.75. The highest BCUT2D eigenvalue weighted by Gasteiger charge is 2.04. The molecule has 0 aliphatic carbocycles. The van der Waals surface area contributed by atoms with Gasteiger partial charge in [-0.3, -0.25) is 4.99 Å². The van der Waals surface area contributed by atoms with E-state index in [1.54, 1.807) is 0 Å². The van der Waals surface area contributed by atoms with E-state index in [1.165, 1.54) is 0 Å². The van der Waals surface area contributed by atoms with Crippen LogP contribution in [0.15, 0.2) is 29.3 Å². The predicted octanol–water partition coefficient (Wildman–Crippen LogP) is 4.51. The molecule has 0 aliphatic heterocycles. The molecule has 1 rings (SSSR count). The first-order valence-corrected chi connectivity index (χ1v) is 5.70. The van der Waals surface area contributed by atoms with Crippen LogP contribution in [0.4, 0.5) is 5.69 Å². The number of hydrogen-bond acceptors (Lipinski definition) is 1. The van der Waals surface area contributed by atoms with Crippen LogP contribution in [0.2, 0.25) is 0 Å². The average Bonchev–Trinajstić information content (AvgIpc) is 2.27. The lowest BCUT2D eigenvalue weighted by atomic mass is 10.1. The minimum absolute atomic E-state index is 0.702. The summed E-state index contributed by atoms with van der Waals surface area (Å²) < 4.78 is 0. The van der Waals surface area contributed by atoms with Crippen LogP contribution in [0, 0.1) is 0 Å². The Morgan fingerprint density at radius 3 is 2.86 bits per heavy atom. The first kappa shape index (κ1) is 11.5. The molecule has 0 N–H and O–H groups in total. The highest BCUT2D eigenvalue weighted by atomic mass is 79.9. The number of allylic oxidation sites excluding steroid dienone is 1. The van der Waals surface area contributed by atoms with Crippen molar-refractivity contribution < 1.29 is 0 Å². The van der Waals surface area contributed by atoms with Crippen molar-refractivity contribution in [3.8, 4) is 0 Å². The summed E-state index contributed by atoms with van der Waals surface area (Å²) in [6.07, 6.45) is 1.85. The summed E-state index contributed by atoms with van der Waals surface area (Å²) in [6.45, 7) is 5.43. The van der Waals surface area contributed by atoms with Crippen LogP contribution >= 0.6 is 27.5 Å². The molecule has 0 fully saturated rings. The van der Waals surface area contributed by atoms with Crippen molar-refractivity contribution in [2.75, 3.05) is 0 Å². The van der Waals surface area contributed by atoms with Gasteiger partial charge in [0.2, 0.25) is 0 Å². The highest BCUT2D eigenvalue weighted by Crippen LogP contribution is 2.30. The molecule has 0 saturated carbocycles. The number of aliphatic imine (C=N–C) groups is 1. The molecule has 0 amide bonds. The summed E-state index contributed by atoms with van der Waals surface area (Å²) in [7, 11) is 0. The molecule has 1 aromatic carbocycles. The maximum Gasteiger partial charge on any atom is 0.0712 e. The fourth-order valence-electron chi connectivity index (χ4n) is 1.15. The standard InChI is InChI=1S/C11H11BrClN/c1-3-10(13)9-5-4-8(7-12)6-11(9)14-2/h3-6H,2,7H2,1H3/b10-3+. The zero-order valence-electron chi connectivity index (χ0n) is 7.93. The Kier molecular flexibility index (Phi) is 4.36. The van der Waals surface area contributed by atoms with E-state index in [9.17, 15) is 0 Å². The van der Waals surface area contributed by atoms with E-state index < -0.39 is 0 Å². The minimum atomic E-state index is 0.702. The summed E-state index contributed by atoms with van der Waals surface area (Å²) in [5.41, 5.74) is 2.91. The topological polar surface area (TPSA) is 12.4 Å². The van der Waals surface area contributed by atoms with Crippen molar-refractivity contribution >= 4 is 45.0 Å². The Bertz CT molecular complexity index is 372. The third-order valence-electron chi connectivity index (χ3n) is 1.90. The molecule has 1 nitrogen and oxygen atoms in total. The van der Waals surface area contributed by atoms with Gasteiger partial charge in [0, 0.05) is 15.9 Å². The van der Waals surface area contributed by atoms with Crippen LogP contribution in [0.25, 0.3) is 5.03 Å². The van der Waals surface area contributed by atoms with Crippen molar-refractivity contribution in [3.05, 3.63) is 35.4 Å². The predicted molar refractivity (Wildman–Crippen MR) is 67.8 cm³/mol. The molecule has 0 radical (unpaired) electrons. The van der Waals surface area contributed by atoms with Crippen molar-refractivity contribution in [1.82, 2.24) is 0 Å². The molecule has 0 atom stereocenters. The number of hydrogen-bond donors (Lipinski definition) is 0. The van der Waals surface area contributed by atoms with Gasteiger partial charge in [-0.1, -0.05) is 45.7 Å². The maximum atomic E-state index is 6.03. The lowest BCUT2D eigenvalue weighted by molar-refractivity contribution is 1.40. The Labute approximate surface area is 97.6 Å². The summed E-state index contributed by atoms with van der Waals surface area (Å²) >= 11 is 9.42. The molecule has 0 aliphatic rings. The van der Waals surface area contributed by atoms with Gasteiger partial charge in [-0.05, 0) is 25.3 Å². The third kappa shape index (κ3) is 2.46. The van der Waals surface area contributed by atoms with E-state index in [1.807, 2.05) is 31.2 Å². The number of alkyl halides is 1. The molecule has 0 unspecified atom stereocenters. The fourth-order valence-corrected chi connectivity index (χ4v) is 1.66. The normalized spacial score (nSPS) is 11.5. The molecule has 0 aromatic heterocycles. The van der Waals surface area contributed by atoms with Gasteiger partial charge in [-0.2, -0.15) is 0 Å². The summed E-state index contributed by atoms with van der Waals surface area (Å²) in [6, 6.07) is 5.95. The Morgan fingerprint density at radius 2 is 2.36 bits per heavy atom. The van der Waals surface area contributed by atoms with Gasteiger partial charge < -0.3 is 0 Å². The lowest BCUT2D eigenvalue weighted by Crippen LogP contribution is -1.82. The van der Waals surface area contributed by atoms with Gasteiger partial charge in [0.15, 0.2) is 0 Å². The van der Waals surface area contributed by atoms with Crippen LogP contribution in [0.1, 0.15) is 18.1 Å². The van der Waals surface area contributed by atoms with Crippen LogP contribution in [0.5, 0.6) is 0 Å². The van der Waals surface area contributed by atoms with Crippen molar-refractivity contribution in [2.45, 2.75) is 12.3 Å². The van der Waals surface area contributed by atoms with Gasteiger partial charge >= 0.3 is 0 Å². The van der Waals surface area contributed by atoms with Crippen LogP contribution < -0.4 is 0 Å². The van der Waals surface area contributed by atoms with E-state index in [-0.39, 0.29) is 0 Å². The van der Waals surface area contributed by atoms with Crippen LogP contribution in [-0.4, -0.2) is 6.72 Å². The first-order valence-electron chi connectivity index (χ1n) is 4.20. The van der Waals surface area contributed by atoms with E-state index in [4.69, 9.17) is 11.6 Å². The molecular weight excluding hydrogens is 261 g/mol. The minimum Gasteiger partial charge on any atom is -0.264 e. The lowest BCUT2D eigenvalue weighted by Gasteiger charge is -2.05. The summed E-state index contributed by atoms with van der Waals surface area (Å²) in [5, 5.41) is 1.51. The third-order valence-corrected chi connectivity index (χ3v) is 2.97. The molecule has 0 bridgehead atoms. The van der Waals surface area contributed by atoms with Crippen molar-refractivity contribution in [2.24, 2.45) is 4.99 Å². The average molecular weight is 273 g/mol. The molecule has 1 aromatic rings. The molecule has 0 saturated heterocycles. The monoisotopic (exact) mass is 271 g/mol. The molecule has 0 heterocycles. The van der Waals surface area contributed by atoms with Gasteiger partial charge in [0.05, 0.1) is 5.69 Å². The number of rotatable bonds is 3. The summed E-state index contributed by atoms with van der Waals surface area (Å²) in [4.78, 5) is 3.95. The molecular formula is C11H11BrClN. The zero-order chi connectivity index (χ0) is 10.6. The fraction of sp³-hybridized carbons (Fsp3) is 0.182. The van der Waals surface area contributed by atoms with E-state index >= 15 is 0 Å². The van der Waals surface area contributed by atoms with E-state index in [2.05, 4.69) is 27.6 Å². The smallest absolute Gasteiger partial charge is 0.0712 e. The maximum absolute atomic E-state index is 6.03. The highest BCUT2D eigenvalue weighted by molar-refractivity contribution is 9.08. The number of halogens is 2. The van der Waals surface area contributed by atoms with Crippen LogP contribution in [0.3, 0.4) is 0 Å². The summed E-state index contributed by atoms with van der Waals surface area (Å²) in [5.74, 6) is 0. The molecule has 14 heavy (non-hydrogen) atoms. The largest absolute Gasteiger partial charge is 0.264 e. The van der Waals surface area contributed by atoms with Crippen molar-refractivity contribution in [3.63, 3.8) is 0 Å². The van der Waals surface area contributed by atoms with E-state index in [0.717, 1.165) is 22.1 Å². The van der Waals surface area contributed by atoms with Crippen LogP contribution in [-0.2, 0) is 5.33 Å². The molecule has 74 valence electrons. The van der Waals surface area contributed by atoms with Crippen molar-refractivity contribution in [1.29, 1.82) is 0 Å². The Hall–Kier alpha value is -0.600. The molecule has 3 heteroatoms. The number of nitrogens with zero attached hydrogens (tertiary/aromatic N) is 1. The second-order valence-electron chi connectivity index (χ2n) is 2.78.